The maximum atomic E-state index is 13.0. The van der Waals surface area contributed by atoms with Crippen molar-refractivity contribution in [1.82, 2.24) is 0 Å². The van der Waals surface area contributed by atoms with E-state index in [1.54, 1.807) is 0 Å². The first-order valence-corrected chi connectivity index (χ1v) is 24.6. The lowest BCUT2D eigenvalue weighted by Gasteiger charge is -2.42. The lowest BCUT2D eigenvalue weighted by atomic mass is 9.98. The second kappa shape index (κ2) is 37.9. The third-order valence-corrected chi connectivity index (χ3v) is 11.3. The Hall–Kier alpha value is -3.02. The van der Waals surface area contributed by atoms with Crippen LogP contribution in [-0.4, -0.2) is 142 Å². The molecule has 2 aliphatic rings. The van der Waals surface area contributed by atoms with Crippen LogP contribution in [0.1, 0.15) is 149 Å². The molecule has 2 saturated heterocycles. The molecule has 2 fully saturated rings. The van der Waals surface area contributed by atoms with E-state index in [9.17, 15) is 45.3 Å². The van der Waals surface area contributed by atoms with Crippen molar-refractivity contribution in [1.29, 1.82) is 0 Å². The number of aliphatic hydroxyl groups is 7. The molecule has 66 heavy (non-hydrogen) atoms. The topological polar surface area (TPSA) is 231 Å². The van der Waals surface area contributed by atoms with E-state index in [0.29, 0.717) is 12.8 Å². The summed E-state index contributed by atoms with van der Waals surface area (Å²) in [6.45, 7) is 2.37. The highest BCUT2D eigenvalue weighted by Gasteiger charge is 2.47. The summed E-state index contributed by atoms with van der Waals surface area (Å²) in [5.41, 5.74) is 3.28. The van der Waals surface area contributed by atoms with Crippen molar-refractivity contribution in [2.75, 3.05) is 26.4 Å². The second-order valence-corrected chi connectivity index (χ2v) is 17.0. The summed E-state index contributed by atoms with van der Waals surface area (Å²) < 4.78 is 33.5. The smallest absolute Gasteiger partial charge is 0.306 e. The minimum absolute atomic E-state index is 0.132. The highest BCUT2D eigenvalue weighted by atomic mass is 16.7. The number of esters is 2. The largest absolute Gasteiger partial charge is 0.462 e. The average molecular weight is 937 g/mol. The number of hydrogen-bond acceptors (Lipinski definition) is 15. The Labute approximate surface area is 393 Å². The zero-order valence-electron chi connectivity index (χ0n) is 39.7. The molecule has 0 aliphatic carbocycles. The molecule has 0 aromatic carbocycles. The number of hydrogen-bond donors (Lipinski definition) is 7. The number of unbranched alkanes of at least 4 members (excludes halogenated alkanes) is 12. The molecule has 15 heteroatoms. The van der Waals surface area contributed by atoms with Crippen molar-refractivity contribution in [2.45, 2.75) is 216 Å². The van der Waals surface area contributed by atoms with Crippen LogP contribution in [0.2, 0.25) is 0 Å². The number of ether oxygens (including phenoxy) is 6. The number of carbonyl (C=O) groups excluding carboxylic acids is 2. The maximum Gasteiger partial charge on any atom is 0.306 e. The van der Waals surface area contributed by atoms with Gasteiger partial charge in [0.15, 0.2) is 18.7 Å². The van der Waals surface area contributed by atoms with Crippen molar-refractivity contribution in [2.24, 2.45) is 0 Å². The Morgan fingerprint density at radius 1 is 0.545 bits per heavy atom. The van der Waals surface area contributed by atoms with Crippen molar-refractivity contribution in [3.8, 4) is 0 Å². The van der Waals surface area contributed by atoms with Gasteiger partial charge in [0.25, 0.3) is 0 Å². The van der Waals surface area contributed by atoms with Crippen LogP contribution in [0, 0.1) is 0 Å². The molecule has 0 radical (unpaired) electrons. The van der Waals surface area contributed by atoms with Crippen LogP contribution in [0.5, 0.6) is 0 Å². The standard InChI is InChI=1S/C51H84O15/c1-3-5-7-9-11-13-15-17-19-21-23-25-27-29-31-33-42(53)61-36-39(64-43(54)34-32-30-28-26-24-22-20-18-16-14-12-10-8-6-4-2)37-62-50-49(60)47(58)45(56)41(66-50)38-63-51-48(59)46(57)44(55)40(35-52)65-51/h5,7,11,13,16-17,19-20,23,25,39-41,44-52,55-60H,3-4,6,8-10,12,14-15,21-22,24,26-38H2,1-2H3/b7-5+,13-11+,19-17+,25-23+/t18?,39-,40-,41-,44+,45+,46?,47?,48?,49?,50-,51-/m1/s1. The highest BCUT2D eigenvalue weighted by molar-refractivity contribution is 5.70. The van der Waals surface area contributed by atoms with Gasteiger partial charge in [-0.15, -0.1) is 5.73 Å². The molecule has 2 aliphatic heterocycles. The Morgan fingerprint density at radius 3 is 1.67 bits per heavy atom. The van der Waals surface area contributed by atoms with Gasteiger partial charge >= 0.3 is 11.9 Å². The maximum absolute atomic E-state index is 13.0. The van der Waals surface area contributed by atoms with E-state index in [1.807, 2.05) is 0 Å². The average Bonchev–Trinajstić information content (AvgIpc) is 3.31. The van der Waals surface area contributed by atoms with Crippen LogP contribution in [-0.2, 0) is 38.0 Å². The Balaban J connectivity index is 1.86. The molecule has 11 atom stereocenters. The second-order valence-electron chi connectivity index (χ2n) is 17.0. The van der Waals surface area contributed by atoms with Crippen molar-refractivity contribution >= 4 is 11.9 Å². The number of allylic oxidation sites excluding steroid dienone is 9. The number of rotatable bonds is 36. The molecule has 7 N–H and O–H groups in total. The number of aliphatic hydroxyl groups excluding tert-OH is 7. The molecule has 0 aromatic heterocycles. The lowest BCUT2D eigenvalue weighted by Crippen LogP contribution is -2.61. The Bertz CT molecular complexity index is 1440. The molecule has 2 heterocycles. The van der Waals surface area contributed by atoms with Gasteiger partial charge in [-0.25, -0.2) is 0 Å². The van der Waals surface area contributed by atoms with Crippen LogP contribution in [0.4, 0.5) is 0 Å². The fraction of sp³-hybridized carbons (Fsp3) is 0.745. The Morgan fingerprint density at radius 2 is 1.05 bits per heavy atom. The predicted octanol–water partition coefficient (Wildman–Crippen LogP) is 6.25. The van der Waals surface area contributed by atoms with Crippen LogP contribution in [0.15, 0.2) is 66.5 Å². The zero-order valence-corrected chi connectivity index (χ0v) is 39.7. The summed E-state index contributed by atoms with van der Waals surface area (Å²) in [4.78, 5) is 25.7. The molecule has 0 spiro atoms. The van der Waals surface area contributed by atoms with Gasteiger partial charge in [0.05, 0.1) is 19.8 Å². The summed E-state index contributed by atoms with van der Waals surface area (Å²) in [6, 6.07) is 0. The molecule has 0 amide bonds. The molecule has 0 saturated carbocycles. The van der Waals surface area contributed by atoms with Gasteiger partial charge < -0.3 is 64.2 Å². The molecule has 378 valence electrons. The van der Waals surface area contributed by atoms with E-state index in [1.165, 1.54) is 32.1 Å². The SMILES string of the molecule is CC/C=C/C/C=C/C/C=C/C/C=C/CCCCC(=O)OC[C@H](CO[C@@H]1O[C@H](CO[C@@H]2O[C@H](CO)[C@H](O)C(O)C2O)[C@H](O)C(O)C1O)OC(=O)CCCCCCCC=C=CCCCCCCC. The first-order chi connectivity index (χ1) is 32.0. The first kappa shape index (κ1) is 59.1. The van der Waals surface area contributed by atoms with Gasteiger partial charge in [-0.1, -0.05) is 107 Å². The van der Waals surface area contributed by atoms with Gasteiger partial charge in [-0.2, -0.15) is 0 Å². The fourth-order valence-corrected chi connectivity index (χ4v) is 7.18. The quantitative estimate of drug-likeness (QED) is 0.0159. The van der Waals surface area contributed by atoms with Gasteiger partial charge in [0.1, 0.15) is 55.4 Å². The summed E-state index contributed by atoms with van der Waals surface area (Å²) in [7, 11) is 0. The summed E-state index contributed by atoms with van der Waals surface area (Å²) in [5.74, 6) is -1.00. The van der Waals surface area contributed by atoms with Crippen LogP contribution in [0.3, 0.4) is 0 Å². The summed E-state index contributed by atoms with van der Waals surface area (Å²) >= 11 is 0. The van der Waals surface area contributed by atoms with E-state index in [0.717, 1.165) is 77.0 Å². The monoisotopic (exact) mass is 937 g/mol. The van der Waals surface area contributed by atoms with Crippen molar-refractivity contribution in [3.05, 3.63) is 66.5 Å². The van der Waals surface area contributed by atoms with Crippen molar-refractivity contribution in [3.63, 3.8) is 0 Å². The minimum atomic E-state index is -1.78. The van der Waals surface area contributed by atoms with E-state index >= 15 is 0 Å². The third-order valence-electron chi connectivity index (χ3n) is 11.3. The molecule has 0 bridgehead atoms. The molecule has 4 unspecified atom stereocenters. The van der Waals surface area contributed by atoms with Crippen LogP contribution in [0.25, 0.3) is 0 Å². The highest BCUT2D eigenvalue weighted by Crippen LogP contribution is 2.26. The summed E-state index contributed by atoms with van der Waals surface area (Å²) in [5, 5.41) is 72.0. The Kier molecular flexibility index (Phi) is 33.9. The third kappa shape index (κ3) is 25.9. The minimum Gasteiger partial charge on any atom is -0.462 e. The lowest BCUT2D eigenvalue weighted by molar-refractivity contribution is -0.332. The zero-order chi connectivity index (χ0) is 48.2. The molecular weight excluding hydrogens is 853 g/mol. The van der Waals surface area contributed by atoms with Gasteiger partial charge in [0, 0.05) is 12.8 Å². The summed E-state index contributed by atoms with van der Waals surface area (Å²) in [6.07, 6.45) is 23.2. The van der Waals surface area contributed by atoms with Gasteiger partial charge in [-0.05, 0) is 89.2 Å². The van der Waals surface area contributed by atoms with E-state index < -0.39 is 99.3 Å². The molecule has 15 nitrogen and oxygen atoms in total. The number of carbonyl (C=O) groups is 2. The van der Waals surface area contributed by atoms with E-state index in [4.69, 9.17) is 28.4 Å². The molecular formula is C51H84O15. The normalized spacial score (nSPS) is 26.3. The fourth-order valence-electron chi connectivity index (χ4n) is 7.18. The van der Waals surface area contributed by atoms with Crippen molar-refractivity contribution < 1.29 is 73.8 Å². The van der Waals surface area contributed by atoms with Gasteiger partial charge in [0.2, 0.25) is 0 Å². The molecule has 2 rings (SSSR count). The first-order valence-electron chi connectivity index (χ1n) is 24.6. The van der Waals surface area contributed by atoms with Gasteiger partial charge in [-0.3, -0.25) is 9.59 Å². The van der Waals surface area contributed by atoms with Crippen LogP contribution < -0.4 is 0 Å². The van der Waals surface area contributed by atoms with E-state index in [-0.39, 0.29) is 19.4 Å². The van der Waals surface area contributed by atoms with E-state index in [2.05, 4.69) is 80.3 Å². The van der Waals surface area contributed by atoms with Crippen LogP contribution >= 0.6 is 0 Å². The molecule has 0 aromatic rings. The predicted molar refractivity (Wildman–Crippen MR) is 251 cm³/mol.